The fourth-order valence-corrected chi connectivity index (χ4v) is 3.64. The van der Waals surface area contributed by atoms with Crippen LogP contribution in [0.25, 0.3) is 0 Å². The van der Waals surface area contributed by atoms with Gasteiger partial charge in [-0.15, -0.1) is 11.3 Å². The highest BCUT2D eigenvalue weighted by atomic mass is 32.1. The normalized spacial score (nSPS) is 21.0. The van der Waals surface area contributed by atoms with Crippen molar-refractivity contribution in [3.63, 3.8) is 0 Å². The smallest absolute Gasteiger partial charge is 0.386 e. The second-order valence-electron chi connectivity index (χ2n) is 5.17. The molecule has 1 atom stereocenters. The molecule has 0 radical (unpaired) electrons. The van der Waals surface area contributed by atoms with Gasteiger partial charge < -0.3 is 10.0 Å². The third-order valence-corrected chi connectivity index (χ3v) is 5.00. The number of hydrogen-bond donors (Lipinski definition) is 1. The van der Waals surface area contributed by atoms with Crippen molar-refractivity contribution in [1.82, 2.24) is 9.88 Å². The van der Waals surface area contributed by atoms with Crippen molar-refractivity contribution in [2.75, 3.05) is 14.1 Å². The van der Waals surface area contributed by atoms with Crippen LogP contribution in [0.15, 0.2) is 6.20 Å². The van der Waals surface area contributed by atoms with Gasteiger partial charge in [-0.05, 0) is 26.9 Å². The third-order valence-electron chi connectivity index (χ3n) is 3.90. The van der Waals surface area contributed by atoms with Gasteiger partial charge in [-0.1, -0.05) is 12.8 Å². The lowest BCUT2D eigenvalue weighted by Crippen LogP contribution is -2.46. The Hall–Kier alpha value is -0.660. The topological polar surface area (TPSA) is 36.4 Å². The fraction of sp³-hybridized carbons (Fsp3) is 0.750. The molecule has 2 rings (SSSR count). The van der Waals surface area contributed by atoms with Crippen LogP contribution < -0.4 is 0 Å². The maximum Gasteiger partial charge on any atom is 0.443 e. The van der Waals surface area contributed by atoms with Crippen LogP contribution in [0.3, 0.4) is 0 Å². The van der Waals surface area contributed by atoms with Gasteiger partial charge in [-0.3, -0.25) is 0 Å². The zero-order valence-corrected chi connectivity index (χ0v) is 11.7. The minimum atomic E-state index is -4.44. The van der Waals surface area contributed by atoms with Crippen LogP contribution >= 0.6 is 11.3 Å². The molecule has 0 aliphatic heterocycles. The van der Waals surface area contributed by atoms with E-state index in [4.69, 9.17) is 0 Å². The summed E-state index contributed by atoms with van der Waals surface area (Å²) in [6.45, 7) is 0. The number of thiazole rings is 1. The maximum atomic E-state index is 12.6. The average Bonchev–Trinajstić information content (AvgIpc) is 2.97. The van der Waals surface area contributed by atoms with E-state index in [0.29, 0.717) is 16.2 Å². The number of likely N-dealkylation sites (N-methyl/N-ethyl adjacent to an activating group) is 1. The second kappa shape index (κ2) is 5.03. The molecular weight excluding hydrogens is 277 g/mol. The number of aromatic nitrogens is 1. The van der Waals surface area contributed by atoms with Gasteiger partial charge in [-0.25, -0.2) is 4.98 Å². The van der Waals surface area contributed by atoms with Crippen molar-refractivity contribution in [2.24, 2.45) is 0 Å². The van der Waals surface area contributed by atoms with Crippen molar-refractivity contribution < 1.29 is 18.3 Å². The maximum absolute atomic E-state index is 12.6. The van der Waals surface area contributed by atoms with Gasteiger partial charge >= 0.3 is 6.18 Å². The lowest BCUT2D eigenvalue weighted by molar-refractivity contribution is -0.137. The summed E-state index contributed by atoms with van der Waals surface area (Å²) < 4.78 is 37.7. The molecule has 0 amide bonds. The molecule has 0 spiro atoms. The number of halogens is 3. The Bertz CT molecular complexity index is 438. The van der Waals surface area contributed by atoms with Crippen LogP contribution in [0.4, 0.5) is 13.2 Å². The van der Waals surface area contributed by atoms with Crippen molar-refractivity contribution in [1.29, 1.82) is 0 Å². The highest BCUT2D eigenvalue weighted by Gasteiger charge is 2.45. The highest BCUT2D eigenvalue weighted by Crippen LogP contribution is 2.45. The van der Waals surface area contributed by atoms with Gasteiger partial charge in [0.15, 0.2) is 5.01 Å². The molecule has 1 N–H and O–H groups in total. The second-order valence-corrected chi connectivity index (χ2v) is 6.24. The number of aliphatic hydroxyl groups is 1. The molecule has 1 aliphatic rings. The summed E-state index contributed by atoms with van der Waals surface area (Å²) in [4.78, 5) is 5.61. The number of nitrogens with zero attached hydrogens (tertiary/aromatic N) is 2. The summed E-state index contributed by atoms with van der Waals surface area (Å²) in [6, 6.07) is 0. The summed E-state index contributed by atoms with van der Waals surface area (Å²) in [7, 11) is 3.72. The molecular formula is C12H17F3N2OS. The Morgan fingerprint density at radius 2 is 1.95 bits per heavy atom. The standard InChI is InChI=1S/C12H17F3N2OS/c1-17(2)11(5-3-4-6-11)9(18)8-7-16-10(19-8)12(13,14)15/h7,9,18H,3-6H2,1-2H3. The summed E-state index contributed by atoms with van der Waals surface area (Å²) >= 11 is 0.538. The zero-order valence-electron chi connectivity index (χ0n) is 10.9. The molecule has 1 aliphatic carbocycles. The van der Waals surface area contributed by atoms with E-state index in [1.165, 1.54) is 0 Å². The minimum Gasteiger partial charge on any atom is -0.386 e. The monoisotopic (exact) mass is 294 g/mol. The lowest BCUT2D eigenvalue weighted by Gasteiger charge is -2.40. The third kappa shape index (κ3) is 2.64. The molecule has 0 saturated heterocycles. The largest absolute Gasteiger partial charge is 0.443 e. The minimum absolute atomic E-state index is 0.294. The molecule has 3 nitrogen and oxygen atoms in total. The number of rotatable bonds is 3. The van der Waals surface area contributed by atoms with E-state index in [0.717, 1.165) is 31.9 Å². The van der Waals surface area contributed by atoms with Gasteiger partial charge in [-0.2, -0.15) is 13.2 Å². The Kier molecular flexibility index (Phi) is 3.90. The lowest BCUT2D eigenvalue weighted by atomic mass is 9.88. The first-order valence-corrected chi connectivity index (χ1v) is 6.97. The van der Waals surface area contributed by atoms with Gasteiger partial charge in [0.1, 0.15) is 6.10 Å². The van der Waals surface area contributed by atoms with E-state index < -0.39 is 22.8 Å². The van der Waals surface area contributed by atoms with Crippen LogP contribution in [-0.4, -0.2) is 34.6 Å². The Morgan fingerprint density at radius 3 is 2.37 bits per heavy atom. The van der Waals surface area contributed by atoms with Gasteiger partial charge in [0, 0.05) is 6.20 Å². The number of hydrogen-bond acceptors (Lipinski definition) is 4. The summed E-state index contributed by atoms with van der Waals surface area (Å²) in [5.74, 6) is 0. The van der Waals surface area contributed by atoms with Crippen LogP contribution in [-0.2, 0) is 6.18 Å². The van der Waals surface area contributed by atoms with E-state index in [1.807, 2.05) is 19.0 Å². The van der Waals surface area contributed by atoms with Crippen molar-refractivity contribution in [3.8, 4) is 0 Å². The Balaban J connectivity index is 2.28. The van der Waals surface area contributed by atoms with Gasteiger partial charge in [0.05, 0.1) is 10.4 Å². The summed E-state index contributed by atoms with van der Waals surface area (Å²) in [6.07, 6.45) is -0.648. The molecule has 1 saturated carbocycles. The first kappa shape index (κ1) is 14.7. The highest BCUT2D eigenvalue weighted by molar-refractivity contribution is 7.11. The molecule has 0 aromatic carbocycles. The van der Waals surface area contributed by atoms with E-state index in [1.54, 1.807) is 0 Å². The molecule has 1 aromatic heterocycles. The molecule has 1 aromatic rings. The van der Waals surface area contributed by atoms with Crippen LogP contribution in [0.5, 0.6) is 0 Å². The molecule has 1 heterocycles. The van der Waals surface area contributed by atoms with Crippen molar-refractivity contribution in [3.05, 3.63) is 16.1 Å². The summed E-state index contributed by atoms with van der Waals surface area (Å²) in [5.41, 5.74) is -0.463. The van der Waals surface area contributed by atoms with Crippen LogP contribution in [0.1, 0.15) is 41.7 Å². The quantitative estimate of drug-likeness (QED) is 0.930. The van der Waals surface area contributed by atoms with Crippen LogP contribution in [0, 0.1) is 0 Å². The fourth-order valence-electron chi connectivity index (χ4n) is 2.76. The SMILES string of the molecule is CN(C)C1(C(O)c2cnc(C(F)(F)F)s2)CCCC1. The Morgan fingerprint density at radius 1 is 1.37 bits per heavy atom. The molecule has 1 fully saturated rings. The molecule has 0 bridgehead atoms. The van der Waals surface area contributed by atoms with E-state index in [9.17, 15) is 18.3 Å². The van der Waals surface area contributed by atoms with E-state index in [-0.39, 0.29) is 0 Å². The molecule has 1 unspecified atom stereocenters. The predicted molar refractivity (Wildman–Crippen MR) is 67.0 cm³/mol. The average molecular weight is 294 g/mol. The molecule has 108 valence electrons. The number of alkyl halides is 3. The predicted octanol–water partition coefficient (Wildman–Crippen LogP) is 3.07. The first-order valence-electron chi connectivity index (χ1n) is 6.16. The van der Waals surface area contributed by atoms with Crippen molar-refractivity contribution in [2.45, 2.75) is 43.5 Å². The van der Waals surface area contributed by atoms with E-state index >= 15 is 0 Å². The first-order chi connectivity index (χ1) is 8.77. The molecule has 7 heteroatoms. The summed E-state index contributed by atoms with van der Waals surface area (Å²) in [5, 5.41) is 9.59. The number of aliphatic hydroxyl groups excluding tert-OH is 1. The Labute approximate surface area is 114 Å². The molecule has 19 heavy (non-hydrogen) atoms. The zero-order chi connectivity index (χ0) is 14.3. The van der Waals surface area contributed by atoms with Gasteiger partial charge in [0.25, 0.3) is 0 Å². The van der Waals surface area contributed by atoms with Crippen molar-refractivity contribution >= 4 is 11.3 Å². The van der Waals surface area contributed by atoms with Crippen LogP contribution in [0.2, 0.25) is 0 Å². The van der Waals surface area contributed by atoms with Gasteiger partial charge in [0.2, 0.25) is 0 Å². The van der Waals surface area contributed by atoms with E-state index in [2.05, 4.69) is 4.98 Å².